The predicted molar refractivity (Wildman–Crippen MR) is 232 cm³/mol. The monoisotopic (exact) mass is 733 g/mol. The molecule has 0 unspecified atom stereocenters. The Bertz CT molecular complexity index is 3170. The number of fused-ring (bicyclic) bond motifs is 7. The lowest BCUT2D eigenvalue weighted by atomic mass is 9.99. The van der Waals surface area contributed by atoms with Crippen molar-refractivity contribution in [3.63, 3.8) is 0 Å². The number of thiophene rings is 1. The van der Waals surface area contributed by atoms with Crippen LogP contribution in [0.15, 0.2) is 188 Å². The van der Waals surface area contributed by atoms with Gasteiger partial charge in [0.05, 0.1) is 16.7 Å². The van der Waals surface area contributed by atoms with Gasteiger partial charge in [-0.15, -0.1) is 11.3 Å². The second-order valence-electron chi connectivity index (χ2n) is 13.9. The van der Waals surface area contributed by atoms with Crippen LogP contribution in [0.4, 0.5) is 0 Å². The summed E-state index contributed by atoms with van der Waals surface area (Å²) in [5, 5.41) is 4.98. The van der Waals surface area contributed by atoms with Gasteiger partial charge in [-0.2, -0.15) is 0 Å². The third-order valence-electron chi connectivity index (χ3n) is 10.5. The second kappa shape index (κ2) is 13.2. The number of hydrogen-bond acceptors (Lipinski definition) is 5. The van der Waals surface area contributed by atoms with Crippen LogP contribution in [0.2, 0.25) is 0 Å². The van der Waals surface area contributed by atoms with Crippen molar-refractivity contribution in [2.75, 3.05) is 0 Å². The van der Waals surface area contributed by atoms with E-state index in [2.05, 4.69) is 120 Å². The lowest BCUT2D eigenvalue weighted by Gasteiger charge is -2.13. The molecule has 4 aromatic heterocycles. The van der Waals surface area contributed by atoms with Crippen molar-refractivity contribution in [2.24, 2.45) is 0 Å². The molecule has 0 aliphatic heterocycles. The maximum atomic E-state index is 5.20. The van der Waals surface area contributed by atoms with Gasteiger partial charge < -0.3 is 4.57 Å². The molecule has 0 radical (unpaired) electrons. The standard InChI is InChI=1S/C50H31N5S/c1-5-15-32(16-6-1)36-29-41(50-53-48(33-17-7-2-8-18-33)52-49(54-50)34-19-9-3-10-20-34)46(51-31-36)35-25-26-40-44(30-35)56-43-28-27-39-38-23-13-14-24-42(38)55(47(39)45(40)43)37-21-11-4-12-22-37/h1-31H. The summed E-state index contributed by atoms with van der Waals surface area (Å²) in [5.41, 5.74) is 10.2. The molecule has 56 heavy (non-hydrogen) atoms. The van der Waals surface area contributed by atoms with Gasteiger partial charge in [-0.1, -0.05) is 146 Å². The highest BCUT2D eigenvalue weighted by Gasteiger charge is 2.21. The van der Waals surface area contributed by atoms with Gasteiger partial charge >= 0.3 is 0 Å². The zero-order valence-electron chi connectivity index (χ0n) is 30.0. The van der Waals surface area contributed by atoms with Crippen molar-refractivity contribution < 1.29 is 0 Å². The molecule has 0 atom stereocenters. The van der Waals surface area contributed by atoms with E-state index in [1.807, 2.05) is 84.3 Å². The normalized spacial score (nSPS) is 11.6. The van der Waals surface area contributed by atoms with Crippen molar-refractivity contribution in [3.05, 3.63) is 188 Å². The van der Waals surface area contributed by atoms with Crippen molar-refractivity contribution in [3.8, 4) is 62.2 Å². The minimum atomic E-state index is 0.573. The molecule has 0 saturated heterocycles. The molecule has 11 rings (SSSR count). The highest BCUT2D eigenvalue weighted by atomic mass is 32.1. The number of nitrogens with zero attached hydrogens (tertiary/aromatic N) is 5. The maximum Gasteiger partial charge on any atom is 0.166 e. The summed E-state index contributed by atoms with van der Waals surface area (Å²) in [7, 11) is 0. The first-order valence-electron chi connectivity index (χ1n) is 18.6. The summed E-state index contributed by atoms with van der Waals surface area (Å²) in [6.45, 7) is 0. The van der Waals surface area contributed by atoms with Crippen LogP contribution in [0.5, 0.6) is 0 Å². The van der Waals surface area contributed by atoms with E-state index < -0.39 is 0 Å². The van der Waals surface area contributed by atoms with E-state index >= 15 is 0 Å². The molecule has 0 saturated carbocycles. The Kier molecular flexibility index (Phi) is 7.60. The highest BCUT2D eigenvalue weighted by Crippen LogP contribution is 2.44. The van der Waals surface area contributed by atoms with Crippen LogP contribution < -0.4 is 0 Å². The summed E-state index contributed by atoms with van der Waals surface area (Å²) in [6.07, 6.45) is 1.96. The topological polar surface area (TPSA) is 56.5 Å². The Morgan fingerprint density at radius 2 is 1.00 bits per heavy atom. The third kappa shape index (κ3) is 5.38. The first kappa shape index (κ1) is 32.2. The minimum absolute atomic E-state index is 0.573. The molecule has 5 nitrogen and oxygen atoms in total. The molecular weight excluding hydrogens is 703 g/mol. The van der Waals surface area contributed by atoms with Crippen LogP contribution in [0.3, 0.4) is 0 Å². The highest BCUT2D eigenvalue weighted by molar-refractivity contribution is 7.26. The molecule has 7 aromatic carbocycles. The van der Waals surface area contributed by atoms with Crippen LogP contribution in [-0.4, -0.2) is 24.5 Å². The van der Waals surface area contributed by atoms with E-state index in [4.69, 9.17) is 19.9 Å². The van der Waals surface area contributed by atoms with E-state index in [1.54, 1.807) is 0 Å². The lowest BCUT2D eigenvalue weighted by molar-refractivity contribution is 1.07. The fourth-order valence-electron chi connectivity index (χ4n) is 7.89. The largest absolute Gasteiger partial charge is 0.309 e. The zero-order valence-corrected chi connectivity index (χ0v) is 30.9. The van der Waals surface area contributed by atoms with E-state index in [-0.39, 0.29) is 0 Å². The van der Waals surface area contributed by atoms with Gasteiger partial charge in [0.2, 0.25) is 0 Å². The maximum absolute atomic E-state index is 5.20. The van der Waals surface area contributed by atoms with Crippen LogP contribution in [0, 0.1) is 0 Å². The van der Waals surface area contributed by atoms with Crippen LogP contribution >= 0.6 is 11.3 Å². The van der Waals surface area contributed by atoms with Gasteiger partial charge in [-0.05, 0) is 42.0 Å². The Morgan fingerprint density at radius 1 is 0.411 bits per heavy atom. The summed E-state index contributed by atoms with van der Waals surface area (Å²) in [4.78, 5) is 20.5. The summed E-state index contributed by atoms with van der Waals surface area (Å²) < 4.78 is 4.86. The van der Waals surface area contributed by atoms with Crippen molar-refractivity contribution in [1.82, 2.24) is 24.5 Å². The molecule has 6 heteroatoms. The third-order valence-corrected chi connectivity index (χ3v) is 11.6. The molecule has 0 amide bonds. The van der Waals surface area contributed by atoms with Gasteiger partial charge in [-0.3, -0.25) is 4.98 Å². The number of benzene rings is 7. The van der Waals surface area contributed by atoms with Crippen molar-refractivity contribution in [1.29, 1.82) is 0 Å². The molecule has 0 aliphatic rings. The molecule has 262 valence electrons. The first-order valence-corrected chi connectivity index (χ1v) is 19.5. The molecule has 0 spiro atoms. The van der Waals surface area contributed by atoms with Crippen molar-refractivity contribution in [2.45, 2.75) is 0 Å². The van der Waals surface area contributed by atoms with Crippen molar-refractivity contribution >= 4 is 53.3 Å². The number of hydrogen-bond donors (Lipinski definition) is 0. The minimum Gasteiger partial charge on any atom is -0.309 e. The first-order chi connectivity index (χ1) is 27.8. The van der Waals surface area contributed by atoms with Gasteiger partial charge in [0.1, 0.15) is 0 Å². The van der Waals surface area contributed by atoms with Gasteiger partial charge in [0, 0.05) is 70.6 Å². The second-order valence-corrected chi connectivity index (χ2v) is 14.9. The Hall–Kier alpha value is -7.28. The Balaban J connectivity index is 1.15. The Morgan fingerprint density at radius 3 is 1.70 bits per heavy atom. The molecule has 0 N–H and O–H groups in total. The number of rotatable bonds is 6. The van der Waals surface area contributed by atoms with Crippen LogP contribution in [0.25, 0.3) is 104 Å². The number of para-hydroxylation sites is 2. The van der Waals surface area contributed by atoms with E-state index in [9.17, 15) is 0 Å². The van der Waals surface area contributed by atoms with Gasteiger partial charge in [-0.25, -0.2) is 15.0 Å². The molecule has 0 aliphatic carbocycles. The smallest absolute Gasteiger partial charge is 0.166 e. The average Bonchev–Trinajstić information content (AvgIpc) is 3.82. The molecule has 0 fully saturated rings. The summed E-state index contributed by atoms with van der Waals surface area (Å²) >= 11 is 1.82. The molecular formula is C50H31N5S. The molecule has 4 heterocycles. The van der Waals surface area contributed by atoms with Gasteiger partial charge in [0.25, 0.3) is 0 Å². The van der Waals surface area contributed by atoms with E-state index in [1.165, 1.54) is 42.0 Å². The summed E-state index contributed by atoms with van der Waals surface area (Å²) in [6, 6.07) is 63.5. The van der Waals surface area contributed by atoms with E-state index in [0.717, 1.165) is 44.8 Å². The molecule has 11 aromatic rings. The quantitative estimate of drug-likeness (QED) is 0.171. The Labute approximate surface area is 326 Å². The van der Waals surface area contributed by atoms with E-state index in [0.29, 0.717) is 17.5 Å². The molecule has 0 bridgehead atoms. The fraction of sp³-hybridized carbons (Fsp3) is 0. The van der Waals surface area contributed by atoms with Gasteiger partial charge in [0.15, 0.2) is 17.5 Å². The zero-order chi connectivity index (χ0) is 37.0. The summed E-state index contributed by atoms with van der Waals surface area (Å²) in [5.74, 6) is 1.80. The number of aromatic nitrogens is 5. The number of pyridine rings is 1. The average molecular weight is 734 g/mol. The SMILES string of the molecule is c1ccc(-c2cnc(-c3ccc4c(c3)sc3ccc5c6ccccc6n(-c6ccccc6)c5c34)c(-c3nc(-c4ccccc4)nc(-c4ccccc4)n3)c2)cc1. The predicted octanol–water partition coefficient (Wildman–Crippen LogP) is 13.1. The van der Waals surface area contributed by atoms with Crippen LogP contribution in [0.1, 0.15) is 0 Å². The van der Waals surface area contributed by atoms with Crippen LogP contribution in [-0.2, 0) is 0 Å². The fourth-order valence-corrected chi connectivity index (χ4v) is 9.04. The lowest BCUT2D eigenvalue weighted by Crippen LogP contribution is -2.02.